The number of esters is 1. The van der Waals surface area contributed by atoms with Gasteiger partial charge >= 0.3 is 5.97 Å². The molecular formula is C23H26N2O6S. The van der Waals surface area contributed by atoms with Crippen molar-refractivity contribution < 1.29 is 27.5 Å². The highest BCUT2D eigenvalue weighted by Gasteiger charge is 2.24. The van der Waals surface area contributed by atoms with Crippen LogP contribution >= 0.6 is 0 Å². The average molecular weight is 459 g/mol. The molecule has 1 heterocycles. The van der Waals surface area contributed by atoms with Crippen LogP contribution in [-0.4, -0.2) is 45.3 Å². The minimum atomic E-state index is -3.97. The molecule has 1 atom stereocenters. The molecule has 0 spiro atoms. The van der Waals surface area contributed by atoms with Gasteiger partial charge in [-0.3, -0.25) is 14.4 Å². The van der Waals surface area contributed by atoms with Crippen LogP contribution in [0.4, 0.5) is 5.69 Å². The minimum Gasteiger partial charge on any atom is -0.453 e. The summed E-state index contributed by atoms with van der Waals surface area (Å²) in [6.45, 7) is 5.25. The first-order valence-electron chi connectivity index (χ1n) is 10.3. The summed E-state index contributed by atoms with van der Waals surface area (Å²) >= 11 is 0. The second-order valence-corrected chi connectivity index (χ2v) is 9.53. The first-order valence-corrected chi connectivity index (χ1v) is 11.8. The molecule has 1 aliphatic heterocycles. The van der Waals surface area contributed by atoms with E-state index < -0.39 is 28.6 Å². The Morgan fingerprint density at radius 2 is 1.78 bits per heavy atom. The van der Waals surface area contributed by atoms with Crippen molar-refractivity contribution >= 4 is 33.4 Å². The number of carbonyl (C=O) groups is 3. The van der Waals surface area contributed by atoms with Gasteiger partial charge in [0, 0.05) is 24.2 Å². The highest BCUT2D eigenvalue weighted by atomic mass is 32.2. The lowest BCUT2D eigenvalue weighted by molar-refractivity contribution is -0.144. The molecule has 8 nitrogen and oxygen atoms in total. The second kappa shape index (κ2) is 9.62. The summed E-state index contributed by atoms with van der Waals surface area (Å²) in [6.07, 6.45) is 0.202. The van der Waals surface area contributed by atoms with Gasteiger partial charge in [0.1, 0.15) is 6.54 Å². The van der Waals surface area contributed by atoms with E-state index in [0.717, 1.165) is 17.5 Å². The number of Topliss-reactive ketones (excluding diaryl/α,β-unsaturated/α-hetero) is 1. The molecule has 9 heteroatoms. The summed E-state index contributed by atoms with van der Waals surface area (Å²) in [5.74, 6) is -1.22. The molecule has 1 saturated heterocycles. The molecule has 0 unspecified atom stereocenters. The van der Waals surface area contributed by atoms with Crippen molar-refractivity contribution in [2.24, 2.45) is 0 Å². The van der Waals surface area contributed by atoms with E-state index in [-0.39, 0.29) is 16.6 Å². The van der Waals surface area contributed by atoms with Crippen molar-refractivity contribution in [3.63, 3.8) is 0 Å². The Balaban J connectivity index is 1.56. The maximum absolute atomic E-state index is 12.5. The number of hydrogen-bond acceptors (Lipinski definition) is 6. The van der Waals surface area contributed by atoms with Crippen LogP contribution in [-0.2, 0) is 24.3 Å². The molecule has 0 bridgehead atoms. The van der Waals surface area contributed by atoms with E-state index >= 15 is 0 Å². The van der Waals surface area contributed by atoms with E-state index in [1.807, 2.05) is 19.9 Å². The van der Waals surface area contributed by atoms with Gasteiger partial charge in [-0.05, 0) is 68.7 Å². The molecule has 170 valence electrons. The smallest absolute Gasteiger partial charge is 0.321 e. The molecular weight excluding hydrogens is 432 g/mol. The number of anilines is 1. The number of ketones is 1. The standard InChI is InChI=1S/C23H26N2O6S/c1-15-6-7-18(13-16(15)2)23(28)17(3)31-22(27)14-24-32(29,30)20-10-8-19(9-11-20)25-12-4-5-21(25)26/h6-11,13,17,24H,4-5,12,14H2,1-3H3/t17-/m0/s1. The Kier molecular flexibility index (Phi) is 7.10. The van der Waals surface area contributed by atoms with Crippen molar-refractivity contribution in [1.29, 1.82) is 0 Å². The molecule has 0 saturated carbocycles. The number of carbonyl (C=O) groups excluding carboxylic acids is 3. The molecule has 1 fully saturated rings. The number of amides is 1. The van der Waals surface area contributed by atoms with Crippen LogP contribution in [0.3, 0.4) is 0 Å². The summed E-state index contributed by atoms with van der Waals surface area (Å²) in [6, 6.07) is 11.1. The van der Waals surface area contributed by atoms with Crippen molar-refractivity contribution in [3.8, 4) is 0 Å². The fourth-order valence-corrected chi connectivity index (χ4v) is 4.35. The topological polar surface area (TPSA) is 110 Å². The number of benzene rings is 2. The summed E-state index contributed by atoms with van der Waals surface area (Å²) < 4.78 is 32.2. The molecule has 1 aliphatic rings. The highest BCUT2D eigenvalue weighted by Crippen LogP contribution is 2.23. The summed E-state index contributed by atoms with van der Waals surface area (Å²) in [5, 5.41) is 0. The predicted octanol–water partition coefficient (Wildman–Crippen LogP) is 2.52. The zero-order valence-corrected chi connectivity index (χ0v) is 19.1. The highest BCUT2D eigenvalue weighted by molar-refractivity contribution is 7.89. The van der Waals surface area contributed by atoms with Gasteiger partial charge in [0.25, 0.3) is 0 Å². The quantitative estimate of drug-likeness (QED) is 0.481. The van der Waals surface area contributed by atoms with Gasteiger partial charge in [0.05, 0.1) is 4.90 Å². The fourth-order valence-electron chi connectivity index (χ4n) is 3.39. The van der Waals surface area contributed by atoms with E-state index in [9.17, 15) is 22.8 Å². The number of nitrogens with one attached hydrogen (secondary N) is 1. The Bertz CT molecular complexity index is 1140. The Labute approximate surface area is 187 Å². The zero-order valence-electron chi connectivity index (χ0n) is 18.3. The number of sulfonamides is 1. The Morgan fingerprint density at radius 1 is 1.09 bits per heavy atom. The maximum Gasteiger partial charge on any atom is 0.321 e. The summed E-state index contributed by atoms with van der Waals surface area (Å²) in [7, 11) is -3.97. The lowest BCUT2D eigenvalue weighted by atomic mass is 10.0. The molecule has 2 aromatic rings. The second-order valence-electron chi connectivity index (χ2n) is 7.76. The first kappa shape index (κ1) is 23.6. The maximum atomic E-state index is 12.5. The van der Waals surface area contributed by atoms with E-state index in [2.05, 4.69) is 4.72 Å². The van der Waals surface area contributed by atoms with Gasteiger partial charge < -0.3 is 9.64 Å². The van der Waals surface area contributed by atoms with Gasteiger partial charge in [-0.2, -0.15) is 4.72 Å². The molecule has 32 heavy (non-hydrogen) atoms. The van der Waals surface area contributed by atoms with Crippen LogP contribution in [0, 0.1) is 13.8 Å². The lowest BCUT2D eigenvalue weighted by Crippen LogP contribution is -2.34. The van der Waals surface area contributed by atoms with Gasteiger partial charge in [-0.15, -0.1) is 0 Å². The fraction of sp³-hybridized carbons (Fsp3) is 0.348. The zero-order chi connectivity index (χ0) is 23.5. The van der Waals surface area contributed by atoms with Gasteiger partial charge in [-0.25, -0.2) is 8.42 Å². The van der Waals surface area contributed by atoms with Crippen LogP contribution in [0.25, 0.3) is 0 Å². The van der Waals surface area contributed by atoms with Crippen molar-refractivity contribution in [3.05, 3.63) is 59.2 Å². The Hall–Kier alpha value is -3.04. The number of aryl methyl sites for hydroxylation is 2. The third-order valence-corrected chi connectivity index (χ3v) is 6.82. The van der Waals surface area contributed by atoms with Crippen LogP contribution in [0.2, 0.25) is 0 Å². The molecule has 0 radical (unpaired) electrons. The number of nitrogens with zero attached hydrogens (tertiary/aromatic N) is 1. The van der Waals surface area contributed by atoms with Gasteiger partial charge in [0.2, 0.25) is 21.7 Å². The van der Waals surface area contributed by atoms with Crippen molar-refractivity contribution in [2.75, 3.05) is 18.0 Å². The van der Waals surface area contributed by atoms with E-state index in [0.29, 0.717) is 24.2 Å². The monoisotopic (exact) mass is 458 g/mol. The van der Waals surface area contributed by atoms with Gasteiger partial charge in [0.15, 0.2) is 6.10 Å². The van der Waals surface area contributed by atoms with Crippen LogP contribution in [0.15, 0.2) is 47.4 Å². The molecule has 1 amide bonds. The van der Waals surface area contributed by atoms with Crippen LogP contribution < -0.4 is 9.62 Å². The van der Waals surface area contributed by atoms with Crippen molar-refractivity contribution in [1.82, 2.24) is 4.72 Å². The molecule has 1 N–H and O–H groups in total. The first-order chi connectivity index (χ1) is 15.1. The number of rotatable bonds is 8. The summed E-state index contributed by atoms with van der Waals surface area (Å²) in [5.41, 5.74) is 3.04. The van der Waals surface area contributed by atoms with E-state index in [1.165, 1.54) is 19.1 Å². The predicted molar refractivity (Wildman–Crippen MR) is 119 cm³/mol. The third kappa shape index (κ3) is 5.41. The number of ether oxygens (including phenoxy) is 1. The average Bonchev–Trinajstić information content (AvgIpc) is 3.19. The van der Waals surface area contributed by atoms with Crippen LogP contribution in [0.5, 0.6) is 0 Å². The van der Waals surface area contributed by atoms with E-state index in [4.69, 9.17) is 4.74 Å². The minimum absolute atomic E-state index is 0.00550. The largest absolute Gasteiger partial charge is 0.453 e. The molecule has 2 aromatic carbocycles. The normalized spacial score (nSPS) is 15.0. The number of hydrogen-bond donors (Lipinski definition) is 1. The van der Waals surface area contributed by atoms with Crippen molar-refractivity contribution in [2.45, 2.75) is 44.6 Å². The molecule has 0 aromatic heterocycles. The third-order valence-electron chi connectivity index (χ3n) is 5.41. The molecule has 3 rings (SSSR count). The van der Waals surface area contributed by atoms with E-state index in [1.54, 1.807) is 29.2 Å². The summed E-state index contributed by atoms with van der Waals surface area (Å²) in [4.78, 5) is 38.0. The lowest BCUT2D eigenvalue weighted by Gasteiger charge is -2.16. The molecule has 0 aliphatic carbocycles. The van der Waals surface area contributed by atoms with Crippen LogP contribution in [0.1, 0.15) is 41.3 Å². The Morgan fingerprint density at radius 3 is 2.38 bits per heavy atom. The SMILES string of the molecule is Cc1ccc(C(=O)[C@H](C)OC(=O)CNS(=O)(=O)c2ccc(N3CCCC3=O)cc2)cc1C. The van der Waals surface area contributed by atoms with Gasteiger partial charge in [-0.1, -0.05) is 12.1 Å².